The minimum atomic E-state index is 0.298. The van der Waals surface area contributed by atoms with E-state index in [0.29, 0.717) is 23.7 Å². The molecule has 0 atom stereocenters. The van der Waals surface area contributed by atoms with Crippen LogP contribution in [0.15, 0.2) is 0 Å². The van der Waals surface area contributed by atoms with E-state index in [4.69, 9.17) is 9.47 Å². The summed E-state index contributed by atoms with van der Waals surface area (Å²) >= 11 is 8.50. The Balaban J connectivity index is 1.95. The number of hydrogen-bond donors (Lipinski definition) is 1. The van der Waals surface area contributed by atoms with Crippen LogP contribution in [0.3, 0.4) is 0 Å². The van der Waals surface area contributed by atoms with Crippen molar-refractivity contribution in [1.29, 1.82) is 0 Å². The van der Waals surface area contributed by atoms with Gasteiger partial charge in [-0.15, -0.1) is 0 Å². The molecule has 0 bridgehead atoms. The first-order valence-corrected chi connectivity index (χ1v) is 5.62. The van der Waals surface area contributed by atoms with Crippen LogP contribution in [-0.2, 0) is 9.47 Å². The summed E-state index contributed by atoms with van der Waals surface area (Å²) in [6.45, 7) is 1.16. The Kier molecular flexibility index (Phi) is 5.75. The predicted octanol–water partition coefficient (Wildman–Crippen LogP) is 2.57. The van der Waals surface area contributed by atoms with Gasteiger partial charge in [0, 0.05) is 0 Å². The molecule has 1 rings (SSSR count). The fourth-order valence-corrected chi connectivity index (χ4v) is 1.75. The van der Waals surface area contributed by atoms with Crippen molar-refractivity contribution in [2.45, 2.75) is 38.2 Å². The Hall–Kier alpha value is 0.200. The third kappa shape index (κ3) is 5.49. The third-order valence-electron chi connectivity index (χ3n) is 2.21. The van der Waals surface area contributed by atoms with Gasteiger partial charge in [0.1, 0.15) is 6.61 Å². The van der Waals surface area contributed by atoms with E-state index in [9.17, 15) is 0 Å². The molecule has 1 aliphatic carbocycles. The molecule has 0 spiro atoms. The summed E-state index contributed by atoms with van der Waals surface area (Å²) in [5, 5.41) is 0. The smallest absolute Gasteiger partial charge is 0.216 e. The minimum absolute atomic E-state index is 0.298. The van der Waals surface area contributed by atoms with Gasteiger partial charge in [-0.3, -0.25) is 0 Å². The van der Waals surface area contributed by atoms with E-state index in [2.05, 4.69) is 24.8 Å². The van der Waals surface area contributed by atoms with Crippen molar-refractivity contribution in [3.05, 3.63) is 0 Å². The Morgan fingerprint density at radius 1 is 1.23 bits per heavy atom. The van der Waals surface area contributed by atoms with Crippen LogP contribution < -0.4 is 0 Å². The summed E-state index contributed by atoms with van der Waals surface area (Å²) in [5.41, 5.74) is 0. The van der Waals surface area contributed by atoms with Gasteiger partial charge in [-0.2, -0.15) is 0 Å². The summed E-state index contributed by atoms with van der Waals surface area (Å²) in [6, 6.07) is 0. The standard InChI is InChI=1S/C9H16O2S2/c12-9(13)11-7-6-10-8-4-2-1-3-5-8/h8H,1-7H2,(H,12,13). The molecular weight excluding hydrogens is 204 g/mol. The summed E-state index contributed by atoms with van der Waals surface area (Å²) in [7, 11) is 0. The van der Waals surface area contributed by atoms with Crippen molar-refractivity contribution in [2.75, 3.05) is 13.2 Å². The molecule has 0 aromatic carbocycles. The average molecular weight is 220 g/mol. The monoisotopic (exact) mass is 220 g/mol. The highest BCUT2D eigenvalue weighted by Gasteiger charge is 2.12. The van der Waals surface area contributed by atoms with Gasteiger partial charge < -0.3 is 9.47 Å². The van der Waals surface area contributed by atoms with Crippen LogP contribution in [0.25, 0.3) is 0 Å². The number of thiocarbonyl (C=S) groups is 1. The Morgan fingerprint density at radius 2 is 1.92 bits per heavy atom. The normalized spacial score (nSPS) is 18.5. The lowest BCUT2D eigenvalue weighted by Crippen LogP contribution is -2.19. The number of rotatable bonds is 4. The lowest BCUT2D eigenvalue weighted by molar-refractivity contribution is 0.0122. The Bertz CT molecular complexity index is 156. The SMILES string of the molecule is S=C(S)OCCOC1CCCCC1. The van der Waals surface area contributed by atoms with Crippen LogP contribution in [0, 0.1) is 0 Å². The van der Waals surface area contributed by atoms with Gasteiger partial charge >= 0.3 is 0 Å². The van der Waals surface area contributed by atoms with Gasteiger partial charge in [-0.25, -0.2) is 0 Å². The average Bonchev–Trinajstić information content (AvgIpc) is 2.14. The van der Waals surface area contributed by atoms with E-state index < -0.39 is 0 Å². The van der Waals surface area contributed by atoms with Crippen LogP contribution in [0.5, 0.6) is 0 Å². The largest absolute Gasteiger partial charge is 0.476 e. The maximum absolute atomic E-state index is 5.61. The predicted molar refractivity (Wildman–Crippen MR) is 60.4 cm³/mol. The lowest BCUT2D eigenvalue weighted by Gasteiger charge is -2.21. The number of hydrogen-bond acceptors (Lipinski definition) is 3. The molecule has 2 nitrogen and oxygen atoms in total. The Labute approximate surface area is 90.4 Å². The zero-order chi connectivity index (χ0) is 9.52. The molecule has 0 unspecified atom stereocenters. The van der Waals surface area contributed by atoms with E-state index in [-0.39, 0.29) is 0 Å². The molecule has 0 aromatic heterocycles. The molecule has 1 saturated carbocycles. The van der Waals surface area contributed by atoms with Crippen LogP contribution in [0.4, 0.5) is 0 Å². The first kappa shape index (κ1) is 11.3. The highest BCUT2D eigenvalue weighted by molar-refractivity contribution is 8.10. The van der Waals surface area contributed by atoms with Crippen LogP contribution in [-0.4, -0.2) is 23.7 Å². The zero-order valence-electron chi connectivity index (χ0n) is 7.70. The maximum atomic E-state index is 5.61. The van der Waals surface area contributed by atoms with Crippen LogP contribution in [0.2, 0.25) is 0 Å². The molecule has 1 fully saturated rings. The zero-order valence-corrected chi connectivity index (χ0v) is 9.41. The van der Waals surface area contributed by atoms with Gasteiger partial charge in [-0.1, -0.05) is 31.9 Å². The fraction of sp³-hybridized carbons (Fsp3) is 0.889. The molecule has 1 aliphatic rings. The van der Waals surface area contributed by atoms with Crippen molar-refractivity contribution in [3.63, 3.8) is 0 Å². The highest BCUT2D eigenvalue weighted by Crippen LogP contribution is 2.19. The summed E-state index contributed by atoms with van der Waals surface area (Å²) in [5.74, 6) is 0. The maximum Gasteiger partial charge on any atom is 0.216 e. The van der Waals surface area contributed by atoms with Crippen LogP contribution >= 0.6 is 24.8 Å². The molecule has 0 aliphatic heterocycles. The van der Waals surface area contributed by atoms with E-state index in [1.165, 1.54) is 32.1 Å². The van der Waals surface area contributed by atoms with Gasteiger partial charge in [0.25, 0.3) is 0 Å². The first-order valence-electron chi connectivity index (χ1n) is 4.76. The number of thiol groups is 1. The second-order valence-corrected chi connectivity index (χ2v) is 4.32. The lowest BCUT2D eigenvalue weighted by atomic mass is 9.98. The van der Waals surface area contributed by atoms with Gasteiger partial charge in [0.05, 0.1) is 12.7 Å². The highest BCUT2D eigenvalue weighted by atomic mass is 32.1. The molecule has 0 amide bonds. The van der Waals surface area contributed by atoms with Crippen LogP contribution in [0.1, 0.15) is 32.1 Å². The molecule has 0 radical (unpaired) electrons. The number of ether oxygens (including phenoxy) is 2. The first-order chi connectivity index (χ1) is 6.29. The van der Waals surface area contributed by atoms with E-state index in [1.54, 1.807) is 0 Å². The topological polar surface area (TPSA) is 18.5 Å². The van der Waals surface area contributed by atoms with Crippen molar-refractivity contribution < 1.29 is 9.47 Å². The molecule has 0 saturated heterocycles. The molecule has 0 heterocycles. The van der Waals surface area contributed by atoms with Crippen molar-refractivity contribution >= 4 is 29.2 Å². The van der Waals surface area contributed by atoms with E-state index in [1.807, 2.05) is 0 Å². The molecule has 76 valence electrons. The van der Waals surface area contributed by atoms with Gasteiger partial charge in [0.15, 0.2) is 0 Å². The van der Waals surface area contributed by atoms with Crippen molar-refractivity contribution in [2.24, 2.45) is 0 Å². The minimum Gasteiger partial charge on any atom is -0.476 e. The summed E-state index contributed by atoms with van der Waals surface area (Å²) in [6.07, 6.45) is 6.81. The van der Waals surface area contributed by atoms with Gasteiger partial charge in [-0.05, 0) is 25.1 Å². The summed E-state index contributed by atoms with van der Waals surface area (Å²) < 4.78 is 10.9. The molecular formula is C9H16O2S2. The Morgan fingerprint density at radius 3 is 2.54 bits per heavy atom. The van der Waals surface area contributed by atoms with Crippen molar-refractivity contribution in [1.82, 2.24) is 0 Å². The summed E-state index contributed by atoms with van der Waals surface area (Å²) in [4.78, 5) is 0. The van der Waals surface area contributed by atoms with Crippen molar-refractivity contribution in [3.8, 4) is 0 Å². The molecule has 4 heteroatoms. The molecule has 13 heavy (non-hydrogen) atoms. The quantitative estimate of drug-likeness (QED) is 0.446. The second-order valence-electron chi connectivity index (χ2n) is 3.25. The second kappa shape index (κ2) is 6.62. The van der Waals surface area contributed by atoms with E-state index in [0.717, 1.165) is 0 Å². The molecule has 0 N–H and O–H groups in total. The van der Waals surface area contributed by atoms with Gasteiger partial charge in [0.2, 0.25) is 4.38 Å². The fourth-order valence-electron chi connectivity index (χ4n) is 1.58. The van der Waals surface area contributed by atoms with E-state index >= 15 is 0 Å². The molecule has 0 aromatic rings. The third-order valence-corrected chi connectivity index (χ3v) is 2.46.